The molecule has 1 aromatic carbocycles. The van der Waals surface area contributed by atoms with Gasteiger partial charge in [-0.2, -0.15) is 0 Å². The Morgan fingerprint density at radius 1 is 1.43 bits per heavy atom. The van der Waals surface area contributed by atoms with Crippen molar-refractivity contribution in [1.82, 2.24) is 15.0 Å². The molecule has 1 aromatic heterocycles. The van der Waals surface area contributed by atoms with Crippen molar-refractivity contribution in [1.29, 1.82) is 0 Å². The molecule has 2 N–H and O–H groups in total. The molecule has 0 bridgehead atoms. The fourth-order valence-corrected chi connectivity index (χ4v) is 1.79. The summed E-state index contributed by atoms with van der Waals surface area (Å²) >= 11 is 2.03. The van der Waals surface area contributed by atoms with Gasteiger partial charge < -0.3 is 5.73 Å². The molecule has 0 fully saturated rings. The van der Waals surface area contributed by atoms with Crippen LogP contribution >= 0.6 is 22.6 Å². The van der Waals surface area contributed by atoms with E-state index >= 15 is 0 Å². The van der Waals surface area contributed by atoms with E-state index in [1.807, 2.05) is 22.6 Å². The minimum absolute atomic E-state index is 0.272. The maximum atomic E-state index is 12.8. The van der Waals surface area contributed by atoms with Crippen LogP contribution in [-0.2, 0) is 0 Å². The Balaban J connectivity index is 2.52. The van der Waals surface area contributed by atoms with Crippen molar-refractivity contribution in [2.24, 2.45) is 0 Å². The lowest BCUT2D eigenvalue weighted by atomic mass is 10.3. The van der Waals surface area contributed by atoms with Gasteiger partial charge in [0, 0.05) is 3.57 Å². The monoisotopic (exact) mass is 304 g/mol. The summed E-state index contributed by atoms with van der Waals surface area (Å²) in [6.45, 7) is 0. The molecule has 0 aliphatic heterocycles. The van der Waals surface area contributed by atoms with Crippen LogP contribution in [0, 0.1) is 9.39 Å². The van der Waals surface area contributed by atoms with Crippen molar-refractivity contribution in [2.75, 3.05) is 5.73 Å². The van der Waals surface area contributed by atoms with Crippen LogP contribution < -0.4 is 5.73 Å². The van der Waals surface area contributed by atoms with E-state index in [2.05, 4.69) is 10.3 Å². The highest BCUT2D eigenvalue weighted by Gasteiger charge is 2.05. The van der Waals surface area contributed by atoms with E-state index in [-0.39, 0.29) is 5.82 Å². The third-order valence-electron chi connectivity index (χ3n) is 1.67. The van der Waals surface area contributed by atoms with E-state index in [4.69, 9.17) is 5.73 Å². The number of hydrogen-bond acceptors (Lipinski definition) is 3. The number of aromatic nitrogens is 3. The Hall–Kier alpha value is -1.18. The van der Waals surface area contributed by atoms with Crippen LogP contribution in [-0.4, -0.2) is 15.0 Å². The molecular formula is C8H6FIN4. The highest BCUT2D eigenvalue weighted by Crippen LogP contribution is 2.17. The Kier molecular flexibility index (Phi) is 2.36. The first-order chi connectivity index (χ1) is 6.66. The zero-order valence-corrected chi connectivity index (χ0v) is 9.14. The first kappa shape index (κ1) is 9.38. The molecule has 1 heterocycles. The Labute approximate surface area is 93.1 Å². The Morgan fingerprint density at radius 2 is 2.21 bits per heavy atom. The molecule has 0 amide bonds. The van der Waals surface area contributed by atoms with Gasteiger partial charge in [-0.3, -0.25) is 0 Å². The molecule has 2 rings (SSSR count). The average molecular weight is 304 g/mol. The zero-order valence-electron chi connectivity index (χ0n) is 6.98. The Bertz CT molecular complexity index is 468. The van der Waals surface area contributed by atoms with Crippen LogP contribution in [0.2, 0.25) is 0 Å². The van der Waals surface area contributed by atoms with E-state index in [0.717, 1.165) is 9.26 Å². The van der Waals surface area contributed by atoms with Gasteiger partial charge in [-0.05, 0) is 40.8 Å². The van der Waals surface area contributed by atoms with Gasteiger partial charge in [0.2, 0.25) is 0 Å². The number of hydrogen-bond donors (Lipinski definition) is 1. The zero-order chi connectivity index (χ0) is 10.1. The topological polar surface area (TPSA) is 56.7 Å². The molecule has 0 aliphatic rings. The third kappa shape index (κ3) is 1.69. The van der Waals surface area contributed by atoms with Gasteiger partial charge in [-0.25, -0.2) is 9.07 Å². The quantitative estimate of drug-likeness (QED) is 0.814. The molecule has 4 nitrogen and oxygen atoms in total. The van der Waals surface area contributed by atoms with Gasteiger partial charge >= 0.3 is 0 Å². The Morgan fingerprint density at radius 3 is 2.79 bits per heavy atom. The van der Waals surface area contributed by atoms with Gasteiger partial charge in [0.1, 0.15) is 5.82 Å². The first-order valence-corrected chi connectivity index (χ1v) is 4.88. The van der Waals surface area contributed by atoms with E-state index in [0.29, 0.717) is 5.82 Å². The van der Waals surface area contributed by atoms with Crippen molar-refractivity contribution in [3.8, 4) is 5.69 Å². The second-order valence-corrected chi connectivity index (χ2v) is 3.85. The molecule has 0 atom stereocenters. The smallest absolute Gasteiger partial charge is 0.166 e. The molecule has 0 aliphatic carbocycles. The van der Waals surface area contributed by atoms with Crippen LogP contribution in [0.15, 0.2) is 24.4 Å². The van der Waals surface area contributed by atoms with E-state index in [1.165, 1.54) is 16.8 Å². The lowest BCUT2D eigenvalue weighted by molar-refractivity contribution is 0.625. The SMILES string of the molecule is Nc1cn(-c2ccc(F)cc2I)nn1. The number of nitrogens with two attached hydrogens (primary N) is 1. The fourth-order valence-electron chi connectivity index (χ4n) is 1.06. The number of rotatable bonds is 1. The van der Waals surface area contributed by atoms with Crippen molar-refractivity contribution in [3.05, 3.63) is 33.8 Å². The summed E-state index contributed by atoms with van der Waals surface area (Å²) < 4.78 is 15.1. The van der Waals surface area contributed by atoms with E-state index in [1.54, 1.807) is 12.3 Å². The average Bonchev–Trinajstić information content (AvgIpc) is 2.51. The number of benzene rings is 1. The minimum atomic E-state index is -0.272. The molecule has 6 heteroatoms. The van der Waals surface area contributed by atoms with E-state index < -0.39 is 0 Å². The largest absolute Gasteiger partial charge is 0.381 e. The van der Waals surface area contributed by atoms with Crippen molar-refractivity contribution >= 4 is 28.4 Å². The maximum Gasteiger partial charge on any atom is 0.166 e. The minimum Gasteiger partial charge on any atom is -0.381 e. The van der Waals surface area contributed by atoms with Gasteiger partial charge in [0.05, 0.1) is 11.9 Å². The standard InChI is InChI=1S/C8H6FIN4/c9-5-1-2-7(6(10)3-5)14-4-8(11)12-13-14/h1-4H,11H2. The predicted octanol–water partition coefficient (Wildman–Crippen LogP) is 1.59. The molecule has 0 unspecified atom stereocenters. The number of anilines is 1. The third-order valence-corrected chi connectivity index (χ3v) is 2.53. The van der Waals surface area contributed by atoms with Crippen LogP contribution in [0.25, 0.3) is 5.69 Å². The van der Waals surface area contributed by atoms with Crippen molar-refractivity contribution in [3.63, 3.8) is 0 Å². The highest BCUT2D eigenvalue weighted by atomic mass is 127. The molecule has 0 radical (unpaired) electrons. The maximum absolute atomic E-state index is 12.8. The van der Waals surface area contributed by atoms with Gasteiger partial charge in [-0.1, -0.05) is 5.21 Å². The molecule has 0 saturated carbocycles. The van der Waals surface area contributed by atoms with Gasteiger partial charge in [0.25, 0.3) is 0 Å². The summed E-state index contributed by atoms with van der Waals surface area (Å²) in [6.07, 6.45) is 1.58. The van der Waals surface area contributed by atoms with Crippen LogP contribution in [0.5, 0.6) is 0 Å². The van der Waals surface area contributed by atoms with Gasteiger partial charge in [0.15, 0.2) is 5.82 Å². The fraction of sp³-hybridized carbons (Fsp3) is 0. The summed E-state index contributed by atoms with van der Waals surface area (Å²) in [5.41, 5.74) is 6.19. The normalized spacial score (nSPS) is 10.4. The summed E-state index contributed by atoms with van der Waals surface area (Å²) in [5.74, 6) is 0.0661. The predicted molar refractivity (Wildman–Crippen MR) is 58.4 cm³/mol. The van der Waals surface area contributed by atoms with Gasteiger partial charge in [-0.15, -0.1) is 5.10 Å². The highest BCUT2D eigenvalue weighted by molar-refractivity contribution is 14.1. The molecular weight excluding hydrogens is 298 g/mol. The molecule has 2 aromatic rings. The van der Waals surface area contributed by atoms with E-state index in [9.17, 15) is 4.39 Å². The summed E-state index contributed by atoms with van der Waals surface area (Å²) in [5, 5.41) is 7.44. The van der Waals surface area contributed by atoms with Crippen molar-refractivity contribution < 1.29 is 4.39 Å². The summed E-state index contributed by atoms with van der Waals surface area (Å²) in [7, 11) is 0. The molecule has 0 spiro atoms. The summed E-state index contributed by atoms with van der Waals surface area (Å²) in [6, 6.07) is 4.42. The second kappa shape index (κ2) is 3.52. The van der Waals surface area contributed by atoms with Crippen molar-refractivity contribution in [2.45, 2.75) is 0 Å². The number of nitrogens with zero attached hydrogens (tertiary/aromatic N) is 3. The number of nitrogen functional groups attached to an aromatic ring is 1. The lowest BCUT2D eigenvalue weighted by Gasteiger charge is -2.02. The van der Waals surface area contributed by atoms with Crippen LogP contribution in [0.1, 0.15) is 0 Å². The molecule has 0 saturated heterocycles. The van der Waals surface area contributed by atoms with Crippen LogP contribution in [0.3, 0.4) is 0 Å². The van der Waals surface area contributed by atoms with Crippen LogP contribution in [0.4, 0.5) is 10.2 Å². The second-order valence-electron chi connectivity index (χ2n) is 2.68. The summed E-state index contributed by atoms with van der Waals surface area (Å²) in [4.78, 5) is 0. The lowest BCUT2D eigenvalue weighted by Crippen LogP contribution is -1.98. The number of halogens is 2. The molecule has 72 valence electrons. The first-order valence-electron chi connectivity index (χ1n) is 3.80. The molecule has 14 heavy (non-hydrogen) atoms.